The van der Waals surface area contributed by atoms with Crippen molar-refractivity contribution in [1.82, 2.24) is 20.0 Å². The van der Waals surface area contributed by atoms with Crippen molar-refractivity contribution in [3.8, 4) is 5.75 Å². The Morgan fingerprint density at radius 1 is 1.29 bits per heavy atom. The van der Waals surface area contributed by atoms with Crippen molar-refractivity contribution >= 4 is 0 Å². The van der Waals surface area contributed by atoms with Crippen LogP contribution >= 0.6 is 0 Å². The Bertz CT molecular complexity index is 401. The van der Waals surface area contributed by atoms with Crippen LogP contribution in [0.4, 0.5) is 0 Å². The largest absolute Gasteiger partial charge is 0.493 e. The fourth-order valence-electron chi connectivity index (χ4n) is 2.28. The molecule has 1 heterocycles. The molecule has 1 aromatic rings. The second-order valence-electron chi connectivity index (χ2n) is 6.55. The van der Waals surface area contributed by atoms with E-state index >= 15 is 0 Å². The van der Waals surface area contributed by atoms with Crippen LogP contribution in [0.15, 0.2) is 6.20 Å². The van der Waals surface area contributed by atoms with Crippen molar-refractivity contribution < 1.29 is 4.74 Å². The van der Waals surface area contributed by atoms with Crippen LogP contribution in [-0.4, -0.2) is 55.5 Å². The summed E-state index contributed by atoms with van der Waals surface area (Å²) in [4.78, 5) is 2.17. The van der Waals surface area contributed by atoms with Crippen LogP contribution in [0.2, 0.25) is 0 Å². The number of hydrogen-bond donors (Lipinski definition) is 1. The number of methoxy groups -OCH3 is 1. The lowest BCUT2D eigenvalue weighted by Crippen LogP contribution is -2.27. The van der Waals surface area contributed by atoms with E-state index in [9.17, 15) is 0 Å². The van der Waals surface area contributed by atoms with Crippen LogP contribution in [-0.2, 0) is 13.0 Å². The van der Waals surface area contributed by atoms with Gasteiger partial charge in [-0.2, -0.15) is 5.10 Å². The first-order valence-corrected chi connectivity index (χ1v) is 7.88. The molecule has 1 atom stereocenters. The first kappa shape index (κ1) is 18.0. The van der Waals surface area contributed by atoms with E-state index in [0.29, 0.717) is 11.8 Å². The minimum absolute atomic E-state index is 0.562. The molecular formula is C16H32N4O. The summed E-state index contributed by atoms with van der Waals surface area (Å²) >= 11 is 0. The van der Waals surface area contributed by atoms with E-state index in [4.69, 9.17) is 4.74 Å². The van der Waals surface area contributed by atoms with Crippen LogP contribution in [0, 0.1) is 11.8 Å². The van der Waals surface area contributed by atoms with Gasteiger partial charge in [-0.1, -0.05) is 20.8 Å². The number of nitrogens with zero attached hydrogens (tertiary/aromatic N) is 3. The third kappa shape index (κ3) is 6.48. The highest BCUT2D eigenvalue weighted by atomic mass is 16.5. The molecule has 0 aliphatic heterocycles. The zero-order valence-corrected chi connectivity index (χ0v) is 14.5. The molecule has 0 saturated heterocycles. The highest BCUT2D eigenvalue weighted by Crippen LogP contribution is 2.21. The Morgan fingerprint density at radius 3 is 2.57 bits per heavy atom. The number of likely N-dealkylation sites (N-methyl/N-ethyl adjacent to an activating group) is 1. The fraction of sp³-hybridized carbons (Fsp3) is 0.812. The summed E-state index contributed by atoms with van der Waals surface area (Å²) in [6.07, 6.45) is 2.82. The Morgan fingerprint density at radius 2 is 2.00 bits per heavy atom. The van der Waals surface area contributed by atoms with Gasteiger partial charge in [-0.25, -0.2) is 0 Å². The number of ether oxygens (including phenoxy) is 1. The Balaban J connectivity index is 2.60. The highest BCUT2D eigenvalue weighted by molar-refractivity contribution is 5.25. The van der Waals surface area contributed by atoms with E-state index in [1.54, 1.807) is 7.11 Å². The molecule has 122 valence electrons. The summed E-state index contributed by atoms with van der Waals surface area (Å²) in [6, 6.07) is 0. The number of nitrogens with one attached hydrogen (secondary N) is 1. The van der Waals surface area contributed by atoms with Crippen molar-refractivity contribution in [1.29, 1.82) is 0 Å². The first-order chi connectivity index (χ1) is 9.93. The number of hydrogen-bond acceptors (Lipinski definition) is 4. The second kappa shape index (κ2) is 9.05. The standard InChI is InChI=1S/C16H32N4O/c1-13(2)10-17-11-14(3)9-15-16(21-6)12-18-20(15)8-7-19(4)5/h12-14,17H,7-11H2,1-6H3. The van der Waals surface area contributed by atoms with Crippen LogP contribution in [0.1, 0.15) is 26.5 Å². The van der Waals surface area contributed by atoms with Crippen molar-refractivity contribution in [3.63, 3.8) is 0 Å². The molecule has 1 unspecified atom stereocenters. The number of aromatic nitrogens is 2. The molecule has 21 heavy (non-hydrogen) atoms. The van der Waals surface area contributed by atoms with E-state index in [-0.39, 0.29) is 0 Å². The first-order valence-electron chi connectivity index (χ1n) is 7.88. The third-order valence-corrected chi connectivity index (χ3v) is 3.48. The lowest BCUT2D eigenvalue weighted by molar-refractivity contribution is 0.360. The van der Waals surface area contributed by atoms with Crippen molar-refractivity contribution in [3.05, 3.63) is 11.9 Å². The lowest BCUT2D eigenvalue weighted by atomic mass is 10.0. The summed E-state index contributed by atoms with van der Waals surface area (Å²) in [7, 11) is 5.89. The molecule has 0 saturated carbocycles. The van der Waals surface area contributed by atoms with Crippen molar-refractivity contribution in [2.24, 2.45) is 11.8 Å². The molecule has 0 radical (unpaired) electrons. The molecule has 0 bridgehead atoms. The van der Waals surface area contributed by atoms with Gasteiger partial charge in [-0.3, -0.25) is 4.68 Å². The molecule has 0 spiro atoms. The van der Waals surface area contributed by atoms with Gasteiger partial charge in [0.1, 0.15) is 0 Å². The van der Waals surface area contributed by atoms with Gasteiger partial charge in [0.05, 0.1) is 25.5 Å². The second-order valence-corrected chi connectivity index (χ2v) is 6.55. The van der Waals surface area contributed by atoms with Gasteiger partial charge in [0, 0.05) is 6.54 Å². The Kier molecular flexibility index (Phi) is 7.75. The monoisotopic (exact) mass is 296 g/mol. The third-order valence-electron chi connectivity index (χ3n) is 3.48. The van der Waals surface area contributed by atoms with Gasteiger partial charge in [-0.15, -0.1) is 0 Å². The van der Waals surface area contributed by atoms with Crippen LogP contribution < -0.4 is 10.1 Å². The zero-order valence-electron chi connectivity index (χ0n) is 14.5. The van der Waals surface area contributed by atoms with Gasteiger partial charge in [-0.05, 0) is 45.4 Å². The SMILES string of the molecule is COc1cnn(CCN(C)C)c1CC(C)CNCC(C)C. The minimum atomic E-state index is 0.562. The van der Waals surface area contributed by atoms with Gasteiger partial charge in [0.25, 0.3) is 0 Å². The molecule has 0 aromatic carbocycles. The molecule has 1 aromatic heterocycles. The average molecular weight is 296 g/mol. The Hall–Kier alpha value is -1.07. The summed E-state index contributed by atoms with van der Waals surface area (Å²) in [6.45, 7) is 10.7. The van der Waals surface area contributed by atoms with E-state index in [2.05, 4.69) is 54.9 Å². The Labute approximate surface area is 129 Å². The van der Waals surface area contributed by atoms with Crippen LogP contribution in [0.5, 0.6) is 5.75 Å². The summed E-state index contributed by atoms with van der Waals surface area (Å²) in [5.74, 6) is 2.16. The van der Waals surface area contributed by atoms with E-state index in [1.165, 1.54) is 5.69 Å². The normalized spacial score (nSPS) is 13.1. The molecule has 5 heteroatoms. The maximum atomic E-state index is 5.46. The average Bonchev–Trinajstić information content (AvgIpc) is 2.78. The molecule has 1 N–H and O–H groups in total. The predicted octanol–water partition coefficient (Wildman–Crippen LogP) is 1.88. The molecule has 5 nitrogen and oxygen atoms in total. The molecule has 0 aliphatic carbocycles. The van der Waals surface area contributed by atoms with Gasteiger partial charge in [0.2, 0.25) is 0 Å². The number of rotatable bonds is 10. The van der Waals surface area contributed by atoms with Gasteiger partial charge < -0.3 is 15.0 Å². The van der Waals surface area contributed by atoms with Crippen molar-refractivity contribution in [2.45, 2.75) is 33.7 Å². The quantitative estimate of drug-likeness (QED) is 0.716. The molecular weight excluding hydrogens is 264 g/mol. The van der Waals surface area contributed by atoms with Gasteiger partial charge >= 0.3 is 0 Å². The predicted molar refractivity (Wildman–Crippen MR) is 87.9 cm³/mol. The molecule has 0 amide bonds. The summed E-state index contributed by atoms with van der Waals surface area (Å²) in [5, 5.41) is 7.99. The highest BCUT2D eigenvalue weighted by Gasteiger charge is 2.15. The molecule has 0 fully saturated rings. The molecule has 1 rings (SSSR count). The smallest absolute Gasteiger partial charge is 0.159 e. The topological polar surface area (TPSA) is 42.3 Å². The lowest BCUT2D eigenvalue weighted by Gasteiger charge is -2.17. The van der Waals surface area contributed by atoms with Crippen LogP contribution in [0.3, 0.4) is 0 Å². The van der Waals surface area contributed by atoms with E-state index in [0.717, 1.165) is 38.3 Å². The van der Waals surface area contributed by atoms with Gasteiger partial charge in [0.15, 0.2) is 5.75 Å². The zero-order chi connectivity index (χ0) is 15.8. The van der Waals surface area contributed by atoms with E-state index in [1.807, 2.05) is 6.20 Å². The minimum Gasteiger partial charge on any atom is -0.493 e. The van der Waals surface area contributed by atoms with Crippen LogP contribution in [0.25, 0.3) is 0 Å². The van der Waals surface area contributed by atoms with E-state index < -0.39 is 0 Å². The summed E-state index contributed by atoms with van der Waals surface area (Å²) < 4.78 is 7.54. The fourth-order valence-corrected chi connectivity index (χ4v) is 2.28. The maximum absolute atomic E-state index is 5.46. The maximum Gasteiger partial charge on any atom is 0.159 e. The molecule has 0 aliphatic rings. The van der Waals surface area contributed by atoms with Crippen molar-refractivity contribution in [2.75, 3.05) is 40.8 Å². The summed E-state index contributed by atoms with van der Waals surface area (Å²) in [5.41, 5.74) is 1.21.